The molecule has 3 aromatic carbocycles. The van der Waals surface area contributed by atoms with Crippen LogP contribution >= 0.6 is 0 Å². The van der Waals surface area contributed by atoms with E-state index in [4.69, 9.17) is 9.47 Å². The van der Waals surface area contributed by atoms with Crippen molar-refractivity contribution in [3.05, 3.63) is 94.1 Å². The molecular formula is C29H28F4O2. The van der Waals surface area contributed by atoms with E-state index in [-0.39, 0.29) is 35.3 Å². The summed E-state index contributed by atoms with van der Waals surface area (Å²) in [5, 5.41) is 0. The molecule has 35 heavy (non-hydrogen) atoms. The summed E-state index contributed by atoms with van der Waals surface area (Å²) in [6, 6.07) is 13.1. The zero-order valence-corrected chi connectivity index (χ0v) is 19.8. The molecule has 0 saturated heterocycles. The molecule has 0 aromatic heterocycles. The molecule has 4 rings (SSSR count). The molecule has 0 N–H and O–H groups in total. The third-order valence-corrected chi connectivity index (χ3v) is 6.73. The average molecular weight is 485 g/mol. The van der Waals surface area contributed by atoms with E-state index in [0.717, 1.165) is 25.7 Å². The number of methoxy groups -OCH3 is 2. The number of benzene rings is 3. The van der Waals surface area contributed by atoms with Crippen molar-refractivity contribution >= 4 is 12.2 Å². The number of halogens is 4. The van der Waals surface area contributed by atoms with Crippen LogP contribution in [0, 0.1) is 23.3 Å². The molecule has 3 aromatic rings. The highest BCUT2D eigenvalue weighted by atomic mass is 19.2. The summed E-state index contributed by atoms with van der Waals surface area (Å²) in [7, 11) is 3.09. The topological polar surface area (TPSA) is 18.5 Å². The van der Waals surface area contributed by atoms with E-state index in [0.29, 0.717) is 16.7 Å². The fourth-order valence-electron chi connectivity index (χ4n) is 4.67. The van der Waals surface area contributed by atoms with Gasteiger partial charge in [-0.2, -0.15) is 0 Å². The highest BCUT2D eigenvalue weighted by Gasteiger charge is 2.26. The Morgan fingerprint density at radius 3 is 2.11 bits per heavy atom. The monoisotopic (exact) mass is 484 g/mol. The lowest BCUT2D eigenvalue weighted by Gasteiger charge is -2.28. The third-order valence-electron chi connectivity index (χ3n) is 6.73. The lowest BCUT2D eigenvalue weighted by Crippen LogP contribution is -2.20. The van der Waals surface area contributed by atoms with Crippen LogP contribution in [0.15, 0.2) is 48.5 Å². The smallest absolute Gasteiger partial charge is 0.166 e. The highest BCUT2D eigenvalue weighted by Crippen LogP contribution is 2.37. The van der Waals surface area contributed by atoms with Crippen LogP contribution in [0.1, 0.15) is 53.9 Å². The Labute approximate surface area is 203 Å². The molecule has 1 aliphatic rings. The molecule has 1 saturated carbocycles. The maximum atomic E-state index is 15.0. The van der Waals surface area contributed by atoms with Gasteiger partial charge in [-0.15, -0.1) is 0 Å². The van der Waals surface area contributed by atoms with Gasteiger partial charge in [0.05, 0.1) is 12.7 Å². The molecule has 2 nitrogen and oxygen atoms in total. The van der Waals surface area contributed by atoms with E-state index in [2.05, 4.69) is 0 Å². The molecule has 0 atom stereocenters. The Morgan fingerprint density at radius 1 is 0.743 bits per heavy atom. The lowest BCUT2D eigenvalue weighted by atomic mass is 9.82. The zero-order chi connectivity index (χ0) is 24.9. The first-order valence-electron chi connectivity index (χ1n) is 11.7. The van der Waals surface area contributed by atoms with E-state index < -0.39 is 23.3 Å². The number of hydrogen-bond acceptors (Lipinski definition) is 2. The van der Waals surface area contributed by atoms with E-state index >= 15 is 0 Å². The molecular weight excluding hydrogens is 456 g/mol. The summed E-state index contributed by atoms with van der Waals surface area (Å²) in [6.45, 7) is -0.0126. The first kappa shape index (κ1) is 25.1. The first-order valence-corrected chi connectivity index (χ1v) is 11.7. The van der Waals surface area contributed by atoms with Crippen molar-refractivity contribution in [1.29, 1.82) is 0 Å². The van der Waals surface area contributed by atoms with Crippen molar-refractivity contribution in [2.24, 2.45) is 0 Å². The Kier molecular flexibility index (Phi) is 8.04. The molecule has 6 heteroatoms. The van der Waals surface area contributed by atoms with Crippen molar-refractivity contribution < 1.29 is 27.0 Å². The van der Waals surface area contributed by atoms with Crippen molar-refractivity contribution in [2.45, 2.75) is 44.3 Å². The summed E-state index contributed by atoms with van der Waals surface area (Å²) < 4.78 is 68.6. The van der Waals surface area contributed by atoms with Crippen LogP contribution in [-0.2, 0) is 16.1 Å². The van der Waals surface area contributed by atoms with Crippen LogP contribution in [0.2, 0.25) is 0 Å². The third kappa shape index (κ3) is 5.49. The molecule has 0 unspecified atom stereocenters. The summed E-state index contributed by atoms with van der Waals surface area (Å²) in [6.07, 6.45) is 6.52. The van der Waals surface area contributed by atoms with Gasteiger partial charge in [-0.3, -0.25) is 0 Å². The van der Waals surface area contributed by atoms with Gasteiger partial charge in [0.2, 0.25) is 0 Å². The second-order valence-corrected chi connectivity index (χ2v) is 8.87. The molecule has 0 bridgehead atoms. The summed E-state index contributed by atoms with van der Waals surface area (Å²) >= 11 is 0. The van der Waals surface area contributed by atoms with E-state index in [1.54, 1.807) is 49.6 Å². The van der Waals surface area contributed by atoms with Gasteiger partial charge < -0.3 is 9.47 Å². The van der Waals surface area contributed by atoms with Gasteiger partial charge in [-0.05, 0) is 48.3 Å². The van der Waals surface area contributed by atoms with Crippen LogP contribution in [-0.4, -0.2) is 20.3 Å². The zero-order valence-electron chi connectivity index (χ0n) is 19.8. The van der Waals surface area contributed by atoms with Gasteiger partial charge in [0, 0.05) is 30.9 Å². The predicted molar refractivity (Wildman–Crippen MR) is 130 cm³/mol. The van der Waals surface area contributed by atoms with E-state index in [9.17, 15) is 17.6 Å². The Morgan fingerprint density at radius 2 is 1.46 bits per heavy atom. The van der Waals surface area contributed by atoms with Gasteiger partial charge in [0.25, 0.3) is 0 Å². The van der Waals surface area contributed by atoms with Crippen molar-refractivity contribution in [2.75, 3.05) is 14.2 Å². The van der Waals surface area contributed by atoms with Gasteiger partial charge in [0.15, 0.2) is 23.3 Å². The Bertz CT molecular complexity index is 1200. The SMILES string of the molecule is COCc1ccc(/C=C/c2ccc(-c3ccc(C4CCC(OC)CC4)c(F)c3F)cc2)c(F)c1F. The van der Waals surface area contributed by atoms with Gasteiger partial charge in [0.1, 0.15) is 0 Å². The van der Waals surface area contributed by atoms with Crippen molar-refractivity contribution in [3.63, 3.8) is 0 Å². The minimum atomic E-state index is -0.944. The number of hydrogen-bond donors (Lipinski definition) is 0. The maximum absolute atomic E-state index is 15.0. The second kappa shape index (κ2) is 11.2. The Balaban J connectivity index is 1.50. The molecule has 0 radical (unpaired) electrons. The summed E-state index contributed by atoms with van der Waals surface area (Å²) in [4.78, 5) is 0. The molecule has 184 valence electrons. The fourth-order valence-corrected chi connectivity index (χ4v) is 4.67. The fraction of sp³-hybridized carbons (Fsp3) is 0.310. The van der Waals surface area contributed by atoms with Gasteiger partial charge in [-0.1, -0.05) is 60.7 Å². The number of rotatable bonds is 7. The van der Waals surface area contributed by atoms with E-state index in [1.807, 2.05) is 0 Å². The van der Waals surface area contributed by atoms with Crippen LogP contribution in [0.4, 0.5) is 17.6 Å². The van der Waals surface area contributed by atoms with Crippen LogP contribution in [0.3, 0.4) is 0 Å². The maximum Gasteiger partial charge on any atom is 0.166 e. The lowest BCUT2D eigenvalue weighted by molar-refractivity contribution is 0.0655. The molecule has 0 spiro atoms. The van der Waals surface area contributed by atoms with Crippen molar-refractivity contribution in [3.8, 4) is 11.1 Å². The van der Waals surface area contributed by atoms with Crippen molar-refractivity contribution in [1.82, 2.24) is 0 Å². The molecule has 1 aliphatic carbocycles. The minimum Gasteiger partial charge on any atom is -0.381 e. The molecule has 0 heterocycles. The predicted octanol–water partition coefficient (Wildman–Crippen LogP) is 7.90. The van der Waals surface area contributed by atoms with E-state index in [1.165, 1.54) is 25.3 Å². The quantitative estimate of drug-likeness (QED) is 0.251. The summed E-state index contributed by atoms with van der Waals surface area (Å²) in [5.41, 5.74) is 2.11. The summed E-state index contributed by atoms with van der Waals surface area (Å²) in [5.74, 6) is -3.53. The molecule has 0 aliphatic heterocycles. The highest BCUT2D eigenvalue weighted by molar-refractivity contribution is 5.72. The first-order chi connectivity index (χ1) is 16.9. The van der Waals surface area contributed by atoms with Gasteiger partial charge >= 0.3 is 0 Å². The average Bonchev–Trinajstić information content (AvgIpc) is 2.88. The Hall–Kier alpha value is -2.96. The minimum absolute atomic E-state index is 0.00809. The molecule has 1 fully saturated rings. The normalized spacial score (nSPS) is 18.3. The van der Waals surface area contributed by atoms with Crippen LogP contribution in [0.25, 0.3) is 23.3 Å². The van der Waals surface area contributed by atoms with Crippen LogP contribution in [0.5, 0.6) is 0 Å². The standard InChI is InChI=1S/C29H28F4O2/c1-34-17-22-10-9-21(26(30)27(22)31)8-5-18-3-6-19(7-4-18)24-15-16-25(29(33)28(24)32)20-11-13-23(35-2)14-12-20/h3-10,15-16,20,23H,11-14,17H2,1-2H3/b8-5+. The van der Waals surface area contributed by atoms with Crippen LogP contribution < -0.4 is 0 Å². The largest absolute Gasteiger partial charge is 0.381 e. The number of ether oxygens (including phenoxy) is 2. The van der Waals surface area contributed by atoms with Gasteiger partial charge in [-0.25, -0.2) is 17.6 Å². The second-order valence-electron chi connectivity index (χ2n) is 8.87. The molecule has 0 amide bonds.